The van der Waals surface area contributed by atoms with Gasteiger partial charge < -0.3 is 17.3 Å². The van der Waals surface area contributed by atoms with E-state index >= 15 is 0 Å². The van der Waals surface area contributed by atoms with Crippen molar-refractivity contribution in [3.63, 3.8) is 0 Å². The second kappa shape index (κ2) is 5.01. The molecule has 0 unspecified atom stereocenters. The minimum absolute atomic E-state index is 0.0146. The maximum atomic E-state index is 10.5. The molecular weight excluding hydrogens is 419 g/mol. The van der Waals surface area contributed by atoms with E-state index < -0.39 is 7.25 Å². The summed E-state index contributed by atoms with van der Waals surface area (Å²) in [5.74, 6) is 0.0293. The second-order valence-electron chi connectivity index (χ2n) is 2.12. The summed E-state index contributed by atoms with van der Waals surface area (Å²) in [5.41, 5.74) is 0. The third-order valence-corrected chi connectivity index (χ3v) is 3.13. The van der Waals surface area contributed by atoms with Gasteiger partial charge in [0.1, 0.15) is 0 Å². The number of hydrogen-bond donors (Lipinski definition) is 0. The Morgan fingerprint density at radius 3 is 1.38 bits per heavy atom. The van der Waals surface area contributed by atoms with Crippen molar-refractivity contribution in [2.24, 2.45) is 0 Å². The van der Waals surface area contributed by atoms with Crippen LogP contribution in [0.3, 0.4) is 0 Å². The van der Waals surface area contributed by atoms with Gasteiger partial charge in [0.05, 0.1) is 0 Å². The molecule has 1 saturated heterocycles. The van der Waals surface area contributed by atoms with E-state index in [0.717, 1.165) is 0 Å². The van der Waals surface area contributed by atoms with Crippen molar-refractivity contribution in [3.8, 4) is 0 Å². The van der Waals surface area contributed by atoms with Crippen LogP contribution < -0.4 is 0 Å². The summed E-state index contributed by atoms with van der Waals surface area (Å²) >= 11 is 0.352. The van der Waals surface area contributed by atoms with Crippen LogP contribution in [0.15, 0.2) is 0 Å². The molecule has 3 nitrogen and oxygen atoms in total. The van der Waals surface area contributed by atoms with Crippen molar-refractivity contribution in [2.75, 3.05) is 0 Å². The molecule has 0 atom stereocenters. The van der Waals surface area contributed by atoms with Crippen LogP contribution in [-0.4, -0.2) is 21.3 Å². The molecule has 73 valence electrons. The van der Waals surface area contributed by atoms with Crippen molar-refractivity contribution in [3.05, 3.63) is 0 Å². The summed E-state index contributed by atoms with van der Waals surface area (Å²) in [5, 5.41) is 0. The summed E-state index contributed by atoms with van der Waals surface area (Å²) < 4.78 is 40.3. The van der Waals surface area contributed by atoms with Gasteiger partial charge in [-0.2, -0.15) is 0 Å². The van der Waals surface area contributed by atoms with Crippen molar-refractivity contribution in [1.29, 1.82) is 0 Å². The van der Waals surface area contributed by atoms with Gasteiger partial charge in [0.2, 0.25) is 0 Å². The van der Waals surface area contributed by atoms with Gasteiger partial charge in [0.15, 0.2) is 0 Å². The number of halogens is 4. The molecule has 0 N–H and O–H groups in total. The molecule has 0 aromatic rings. The standard InChI is InChI=1S/C4H5NO2.BF4.U/c6-3-1-2-4(7)5-3;2-1(3,4)5;/h1-2H2,(H,5,6,7);;/q;-1;+1/p-1. The van der Waals surface area contributed by atoms with Gasteiger partial charge in [0.25, 0.3) is 0 Å². The first-order chi connectivity index (χ1) is 5.72. The third-order valence-electron chi connectivity index (χ3n) is 1.05. The van der Waals surface area contributed by atoms with Crippen LogP contribution in [0.4, 0.5) is 17.3 Å². The average Bonchev–Trinajstić information content (AvgIpc) is 2.16. The molecular formula is C4H4BF4NO2U-. The van der Waals surface area contributed by atoms with Gasteiger partial charge in [-0.05, 0) is 0 Å². The maximum absolute atomic E-state index is 10.5. The van der Waals surface area contributed by atoms with Gasteiger partial charge in [-0.25, -0.2) is 0 Å². The van der Waals surface area contributed by atoms with Crippen LogP contribution in [0.2, 0.25) is 0 Å². The number of imide groups is 1. The van der Waals surface area contributed by atoms with Crippen molar-refractivity contribution < 1.29 is 56.6 Å². The van der Waals surface area contributed by atoms with E-state index in [9.17, 15) is 26.9 Å². The average molecular weight is 423 g/mol. The number of amides is 2. The molecule has 13 heavy (non-hydrogen) atoms. The molecule has 0 aliphatic carbocycles. The Labute approximate surface area is 90.7 Å². The van der Waals surface area contributed by atoms with Crippen LogP contribution in [0.1, 0.15) is 12.8 Å². The summed E-state index contributed by atoms with van der Waals surface area (Å²) in [6, 6.07) is 0. The summed E-state index contributed by atoms with van der Waals surface area (Å²) in [7, 11) is -6.00. The van der Waals surface area contributed by atoms with Crippen molar-refractivity contribution in [1.82, 2.24) is 2.23 Å². The van der Waals surface area contributed by atoms with Crippen LogP contribution in [0.25, 0.3) is 0 Å². The normalized spacial score (nSPS) is 17.2. The van der Waals surface area contributed by atoms with E-state index in [1.807, 2.05) is 0 Å². The van der Waals surface area contributed by atoms with Gasteiger partial charge >= 0.3 is 73.5 Å². The van der Waals surface area contributed by atoms with Crippen LogP contribution >= 0.6 is 0 Å². The molecule has 0 saturated carbocycles. The Morgan fingerprint density at radius 1 is 1.08 bits per heavy atom. The molecule has 1 heterocycles. The Balaban J connectivity index is 0.000000252. The van der Waals surface area contributed by atoms with Gasteiger partial charge in [-0.1, -0.05) is 0 Å². The van der Waals surface area contributed by atoms with Gasteiger partial charge in [-0.15, -0.1) is 0 Å². The van der Waals surface area contributed by atoms with Crippen LogP contribution in [0, 0.1) is 29.7 Å². The van der Waals surface area contributed by atoms with Gasteiger partial charge in [-0.3, -0.25) is 0 Å². The SMILES string of the molecule is F[B-](F)(F)F.O=C1CCC(=O)[N]1[U]. The van der Waals surface area contributed by atoms with E-state index in [4.69, 9.17) is 0 Å². The van der Waals surface area contributed by atoms with E-state index in [0.29, 0.717) is 42.6 Å². The summed E-state index contributed by atoms with van der Waals surface area (Å²) in [6.07, 6.45) is 0.880. The Hall–Kier alpha value is -0.0231. The number of hydrogen-bond acceptors (Lipinski definition) is 2. The zero-order chi connectivity index (χ0) is 10.6. The first kappa shape index (κ1) is 13.0. The molecule has 0 bridgehead atoms. The third kappa shape index (κ3) is 7.08. The molecule has 2 amide bonds. The molecule has 1 aliphatic rings. The van der Waals surface area contributed by atoms with Gasteiger partial charge in [0, 0.05) is 0 Å². The van der Waals surface area contributed by atoms with Crippen molar-refractivity contribution in [2.45, 2.75) is 12.8 Å². The molecule has 1 fully saturated rings. The minimum atomic E-state index is -6.00. The quantitative estimate of drug-likeness (QED) is 0.330. The number of carbonyl (C=O) groups excluding carboxylic acids is 2. The topological polar surface area (TPSA) is 37.4 Å². The zero-order valence-corrected chi connectivity index (χ0v) is 10.4. The summed E-state index contributed by atoms with van der Waals surface area (Å²) in [6.45, 7) is 0. The number of nitrogens with zero attached hydrogens (tertiary/aromatic N) is 1. The Kier molecular flexibility index (Phi) is 5.00. The zero-order valence-electron chi connectivity index (χ0n) is 6.27. The molecule has 0 aromatic carbocycles. The Morgan fingerprint density at radius 2 is 1.31 bits per heavy atom. The fraction of sp³-hybridized carbons (Fsp3) is 0.500. The molecule has 0 aromatic heterocycles. The first-order valence-corrected chi connectivity index (χ1v) is 5.02. The van der Waals surface area contributed by atoms with Crippen LogP contribution in [-0.2, 0) is 9.59 Å². The predicted molar refractivity (Wildman–Crippen MR) is 31.3 cm³/mol. The fourth-order valence-electron chi connectivity index (χ4n) is 0.577. The monoisotopic (exact) mass is 423 g/mol. The fourth-order valence-corrected chi connectivity index (χ4v) is 1.51. The van der Waals surface area contributed by atoms with E-state index in [2.05, 4.69) is 0 Å². The molecule has 0 radical (unpaired) electrons. The molecule has 1 rings (SSSR count). The van der Waals surface area contributed by atoms with E-state index in [1.165, 1.54) is 2.23 Å². The second-order valence-corrected chi connectivity index (χ2v) is 3.98. The molecule has 1 aliphatic heterocycles. The number of rotatable bonds is 0. The number of carbonyl (C=O) groups is 2. The molecule has 0 spiro atoms. The molecule has 9 heteroatoms. The van der Waals surface area contributed by atoms with E-state index in [-0.39, 0.29) is 11.8 Å². The first-order valence-electron chi connectivity index (χ1n) is 3.16. The Bertz CT molecular complexity index is 199. The van der Waals surface area contributed by atoms with Crippen molar-refractivity contribution >= 4 is 19.1 Å². The van der Waals surface area contributed by atoms with E-state index in [1.54, 1.807) is 0 Å². The summed E-state index contributed by atoms with van der Waals surface area (Å²) in [4.78, 5) is 21.1. The van der Waals surface area contributed by atoms with Crippen LogP contribution in [0.5, 0.6) is 0 Å². The predicted octanol–water partition coefficient (Wildman–Crippen LogP) is 0.900.